The lowest BCUT2D eigenvalue weighted by molar-refractivity contribution is -0.138. The predicted molar refractivity (Wildman–Crippen MR) is 82.2 cm³/mol. The van der Waals surface area contributed by atoms with Crippen molar-refractivity contribution in [1.29, 1.82) is 0 Å². The molecule has 0 saturated heterocycles. The van der Waals surface area contributed by atoms with E-state index in [1.54, 1.807) is 55.6 Å². The first-order valence-electron chi connectivity index (χ1n) is 6.77. The third-order valence-electron chi connectivity index (χ3n) is 3.34. The number of rotatable bonds is 6. The third kappa shape index (κ3) is 3.71. The van der Waals surface area contributed by atoms with E-state index in [4.69, 9.17) is 15.6 Å². The van der Waals surface area contributed by atoms with Crippen molar-refractivity contribution in [1.82, 2.24) is 0 Å². The van der Waals surface area contributed by atoms with E-state index in [0.29, 0.717) is 16.9 Å². The number of methoxy groups -OCH3 is 1. The summed E-state index contributed by atoms with van der Waals surface area (Å²) >= 11 is 0. The average molecular weight is 299 g/mol. The molecule has 0 aliphatic rings. The molecule has 2 aromatic rings. The van der Waals surface area contributed by atoms with Crippen LogP contribution in [0.5, 0.6) is 5.75 Å². The van der Waals surface area contributed by atoms with Crippen LogP contribution in [0.15, 0.2) is 48.5 Å². The second kappa shape index (κ2) is 6.87. The number of hydrogen-bond donors (Lipinski definition) is 2. The molecule has 114 valence electrons. The molecule has 5 heteroatoms. The van der Waals surface area contributed by atoms with Crippen LogP contribution in [0.1, 0.15) is 21.5 Å². The minimum Gasteiger partial charge on any atom is -0.497 e. The molecule has 0 saturated carbocycles. The van der Waals surface area contributed by atoms with Crippen LogP contribution in [0, 0.1) is 0 Å². The number of ether oxygens (including phenoxy) is 1. The fraction of sp³-hybridized carbons (Fsp3) is 0.176. The van der Waals surface area contributed by atoms with E-state index in [1.165, 1.54) is 0 Å². The van der Waals surface area contributed by atoms with Crippen molar-refractivity contribution in [2.75, 3.05) is 7.11 Å². The molecule has 2 rings (SSSR count). The number of hydrogen-bond acceptors (Lipinski definition) is 4. The van der Waals surface area contributed by atoms with Crippen molar-refractivity contribution in [2.45, 2.75) is 12.5 Å². The van der Waals surface area contributed by atoms with Crippen LogP contribution < -0.4 is 10.5 Å². The summed E-state index contributed by atoms with van der Waals surface area (Å²) in [5, 5.41) is 8.79. The lowest BCUT2D eigenvalue weighted by atomic mass is 10.00. The fourth-order valence-electron chi connectivity index (χ4n) is 2.04. The van der Waals surface area contributed by atoms with E-state index in [9.17, 15) is 9.59 Å². The predicted octanol–water partition coefficient (Wildman–Crippen LogP) is 1.88. The molecule has 0 fully saturated rings. The van der Waals surface area contributed by atoms with E-state index in [-0.39, 0.29) is 12.2 Å². The van der Waals surface area contributed by atoms with E-state index >= 15 is 0 Å². The molecule has 0 bridgehead atoms. The van der Waals surface area contributed by atoms with E-state index in [0.717, 1.165) is 5.56 Å². The second-order valence-electron chi connectivity index (χ2n) is 4.90. The molecule has 0 aliphatic heterocycles. The summed E-state index contributed by atoms with van der Waals surface area (Å²) in [4.78, 5) is 23.1. The van der Waals surface area contributed by atoms with Crippen LogP contribution in [0.25, 0.3) is 0 Å². The Bertz CT molecular complexity index is 662. The lowest BCUT2D eigenvalue weighted by Crippen LogP contribution is -2.32. The first-order chi connectivity index (χ1) is 10.5. The molecule has 0 radical (unpaired) electrons. The van der Waals surface area contributed by atoms with Crippen LogP contribution >= 0.6 is 0 Å². The van der Waals surface area contributed by atoms with Crippen LogP contribution in [-0.2, 0) is 11.2 Å². The molecule has 0 spiro atoms. The Morgan fingerprint density at radius 2 is 1.55 bits per heavy atom. The van der Waals surface area contributed by atoms with Gasteiger partial charge in [0.2, 0.25) is 0 Å². The summed E-state index contributed by atoms with van der Waals surface area (Å²) in [5.41, 5.74) is 7.37. The summed E-state index contributed by atoms with van der Waals surface area (Å²) in [7, 11) is 1.57. The largest absolute Gasteiger partial charge is 0.497 e. The fourth-order valence-corrected chi connectivity index (χ4v) is 2.04. The second-order valence-corrected chi connectivity index (χ2v) is 4.90. The molecule has 0 heterocycles. The van der Waals surface area contributed by atoms with Crippen molar-refractivity contribution < 1.29 is 19.4 Å². The number of carboxylic acid groups (broad SMARTS) is 1. The minimum absolute atomic E-state index is 0.100. The summed E-state index contributed by atoms with van der Waals surface area (Å²) in [6, 6.07) is 12.7. The monoisotopic (exact) mass is 299 g/mol. The van der Waals surface area contributed by atoms with Crippen molar-refractivity contribution >= 4 is 11.8 Å². The van der Waals surface area contributed by atoms with E-state index in [1.807, 2.05) is 0 Å². The summed E-state index contributed by atoms with van der Waals surface area (Å²) in [6.07, 6.45) is 0.229. The Morgan fingerprint density at radius 3 is 2.00 bits per heavy atom. The van der Waals surface area contributed by atoms with Gasteiger partial charge in [-0.05, 0) is 36.2 Å². The first kappa shape index (κ1) is 15.7. The van der Waals surface area contributed by atoms with Gasteiger partial charge in [0.05, 0.1) is 7.11 Å². The normalized spacial score (nSPS) is 11.7. The number of carboxylic acids is 1. The molecule has 0 amide bonds. The quantitative estimate of drug-likeness (QED) is 0.795. The Hall–Kier alpha value is -2.66. The van der Waals surface area contributed by atoms with Gasteiger partial charge < -0.3 is 15.6 Å². The summed E-state index contributed by atoms with van der Waals surface area (Å²) < 4.78 is 5.06. The third-order valence-corrected chi connectivity index (χ3v) is 3.34. The number of ketones is 1. The summed E-state index contributed by atoms with van der Waals surface area (Å²) in [5.74, 6) is -0.454. The average Bonchev–Trinajstić information content (AvgIpc) is 2.55. The van der Waals surface area contributed by atoms with Crippen molar-refractivity contribution in [3.63, 3.8) is 0 Å². The van der Waals surface area contributed by atoms with Gasteiger partial charge in [-0.15, -0.1) is 0 Å². The number of carbonyl (C=O) groups is 2. The Kier molecular flexibility index (Phi) is 4.91. The van der Waals surface area contributed by atoms with Gasteiger partial charge in [-0.3, -0.25) is 9.59 Å². The van der Waals surface area contributed by atoms with Gasteiger partial charge in [0.25, 0.3) is 0 Å². The molecule has 0 unspecified atom stereocenters. The Balaban J connectivity index is 2.12. The number of nitrogens with two attached hydrogens (primary N) is 1. The SMILES string of the molecule is COc1ccc(C(=O)c2ccc(C[C@H](N)C(=O)O)cc2)cc1. The maximum Gasteiger partial charge on any atom is 0.320 e. The number of carbonyl (C=O) groups excluding carboxylic acids is 1. The first-order valence-corrected chi connectivity index (χ1v) is 6.77. The smallest absolute Gasteiger partial charge is 0.320 e. The Morgan fingerprint density at radius 1 is 1.05 bits per heavy atom. The number of benzene rings is 2. The van der Waals surface area contributed by atoms with Gasteiger partial charge >= 0.3 is 5.97 Å². The van der Waals surface area contributed by atoms with E-state index < -0.39 is 12.0 Å². The molecule has 0 aliphatic carbocycles. The number of aliphatic carboxylic acids is 1. The molecule has 22 heavy (non-hydrogen) atoms. The molecule has 2 aromatic carbocycles. The molecule has 3 N–H and O–H groups in total. The maximum atomic E-state index is 12.3. The van der Waals surface area contributed by atoms with Crippen LogP contribution in [-0.4, -0.2) is 30.0 Å². The molecule has 5 nitrogen and oxygen atoms in total. The molecule has 1 atom stereocenters. The zero-order chi connectivity index (χ0) is 16.1. The van der Waals surface area contributed by atoms with Gasteiger partial charge in [0.15, 0.2) is 5.78 Å². The van der Waals surface area contributed by atoms with Crippen LogP contribution in [0.2, 0.25) is 0 Å². The van der Waals surface area contributed by atoms with Crippen LogP contribution in [0.3, 0.4) is 0 Å². The molecular weight excluding hydrogens is 282 g/mol. The standard InChI is InChI=1S/C17H17NO4/c1-22-14-8-6-13(7-9-14)16(19)12-4-2-11(3-5-12)10-15(18)17(20)21/h2-9,15H,10,18H2,1H3,(H,20,21)/t15-/m0/s1. The van der Waals surface area contributed by atoms with Gasteiger partial charge in [-0.2, -0.15) is 0 Å². The minimum atomic E-state index is -1.04. The molecular formula is C17H17NO4. The topological polar surface area (TPSA) is 89.6 Å². The highest BCUT2D eigenvalue weighted by molar-refractivity contribution is 6.09. The highest BCUT2D eigenvalue weighted by Crippen LogP contribution is 2.16. The van der Waals surface area contributed by atoms with Crippen LogP contribution in [0.4, 0.5) is 0 Å². The van der Waals surface area contributed by atoms with Gasteiger partial charge in [0.1, 0.15) is 11.8 Å². The van der Waals surface area contributed by atoms with Gasteiger partial charge in [0, 0.05) is 11.1 Å². The highest BCUT2D eigenvalue weighted by atomic mass is 16.5. The summed E-state index contributed by atoms with van der Waals surface area (Å²) in [6.45, 7) is 0. The zero-order valence-corrected chi connectivity index (χ0v) is 12.2. The maximum absolute atomic E-state index is 12.3. The molecule has 0 aromatic heterocycles. The van der Waals surface area contributed by atoms with Gasteiger partial charge in [-0.25, -0.2) is 0 Å². The van der Waals surface area contributed by atoms with Crippen molar-refractivity contribution in [2.24, 2.45) is 5.73 Å². The van der Waals surface area contributed by atoms with Crippen molar-refractivity contribution in [3.8, 4) is 5.75 Å². The lowest BCUT2D eigenvalue weighted by Gasteiger charge is -2.07. The van der Waals surface area contributed by atoms with Crippen molar-refractivity contribution in [3.05, 3.63) is 65.2 Å². The zero-order valence-electron chi connectivity index (χ0n) is 12.2. The van der Waals surface area contributed by atoms with E-state index in [2.05, 4.69) is 0 Å². The van der Waals surface area contributed by atoms with Gasteiger partial charge in [-0.1, -0.05) is 24.3 Å². The highest BCUT2D eigenvalue weighted by Gasteiger charge is 2.13. The Labute approximate surface area is 128 Å².